The molecule has 1 amide bonds. The number of imidazole rings is 1. The van der Waals surface area contributed by atoms with Crippen LogP contribution in [0.2, 0.25) is 0 Å². The monoisotopic (exact) mass is 471 g/mol. The molecule has 4 aromatic rings. The van der Waals surface area contributed by atoms with E-state index in [1.54, 1.807) is 24.5 Å². The fourth-order valence-electron chi connectivity index (χ4n) is 4.30. The van der Waals surface area contributed by atoms with E-state index in [1.807, 2.05) is 17.7 Å². The summed E-state index contributed by atoms with van der Waals surface area (Å²) in [5, 5.41) is 13.1. The molecule has 1 aliphatic rings. The first-order valence-electron chi connectivity index (χ1n) is 11.8. The number of benzene rings is 1. The number of H-pyrrole nitrogens is 1. The smallest absolute Gasteiger partial charge is 0.271 e. The van der Waals surface area contributed by atoms with Gasteiger partial charge in [0.15, 0.2) is 5.82 Å². The van der Waals surface area contributed by atoms with Crippen LogP contribution in [0.15, 0.2) is 47.5 Å². The number of hydrogen-bond donors (Lipinski definition) is 3. The van der Waals surface area contributed by atoms with Crippen LogP contribution in [0, 0.1) is 5.92 Å². The molecule has 8 heteroatoms. The molecule has 0 unspecified atom stereocenters. The zero-order valence-electron chi connectivity index (χ0n) is 20.3. The van der Waals surface area contributed by atoms with E-state index in [2.05, 4.69) is 48.2 Å². The Kier molecular flexibility index (Phi) is 5.56. The summed E-state index contributed by atoms with van der Waals surface area (Å²) in [6.07, 6.45) is 4.94. The van der Waals surface area contributed by atoms with Crippen LogP contribution >= 0.6 is 0 Å². The molecule has 35 heavy (non-hydrogen) atoms. The van der Waals surface area contributed by atoms with Crippen molar-refractivity contribution >= 4 is 22.6 Å². The van der Waals surface area contributed by atoms with Gasteiger partial charge in [0, 0.05) is 36.5 Å². The number of pyridine rings is 2. The third kappa shape index (κ3) is 4.25. The van der Waals surface area contributed by atoms with Gasteiger partial charge in [0.2, 0.25) is 5.91 Å². The number of aromatic amines is 1. The fraction of sp³-hybridized carbons (Fsp3) is 0.333. The van der Waals surface area contributed by atoms with Crippen molar-refractivity contribution in [2.45, 2.75) is 45.6 Å². The summed E-state index contributed by atoms with van der Waals surface area (Å²) in [6, 6.07) is 9.68. The van der Waals surface area contributed by atoms with Gasteiger partial charge in [-0.1, -0.05) is 26.8 Å². The molecule has 0 bridgehead atoms. The highest BCUT2D eigenvalue weighted by atomic mass is 16.3. The summed E-state index contributed by atoms with van der Waals surface area (Å²) in [7, 11) is 1.94. The van der Waals surface area contributed by atoms with Crippen LogP contribution in [-0.2, 0) is 23.9 Å². The number of aliphatic hydroxyl groups excluding tert-OH is 1. The highest BCUT2D eigenvalue weighted by Crippen LogP contribution is 2.34. The van der Waals surface area contributed by atoms with Crippen molar-refractivity contribution in [1.82, 2.24) is 19.5 Å². The molecule has 3 N–H and O–H groups in total. The van der Waals surface area contributed by atoms with Crippen molar-refractivity contribution in [3.63, 3.8) is 0 Å². The number of anilines is 1. The lowest BCUT2D eigenvalue weighted by molar-refractivity contribution is -0.117. The molecule has 0 atom stereocenters. The van der Waals surface area contributed by atoms with E-state index in [9.17, 15) is 14.7 Å². The summed E-state index contributed by atoms with van der Waals surface area (Å²) in [6.45, 7) is 6.25. The Balaban J connectivity index is 1.60. The van der Waals surface area contributed by atoms with E-state index in [4.69, 9.17) is 4.98 Å². The van der Waals surface area contributed by atoms with Gasteiger partial charge >= 0.3 is 0 Å². The summed E-state index contributed by atoms with van der Waals surface area (Å²) in [5.41, 5.74) is 5.39. The maximum atomic E-state index is 12.3. The average molecular weight is 472 g/mol. The van der Waals surface area contributed by atoms with Crippen molar-refractivity contribution in [1.29, 1.82) is 0 Å². The normalized spacial score (nSPS) is 13.9. The zero-order valence-corrected chi connectivity index (χ0v) is 20.3. The number of nitrogens with zero attached hydrogens (tertiary/aromatic N) is 3. The largest absolute Gasteiger partial charge is 0.392 e. The van der Waals surface area contributed by atoms with Gasteiger partial charge in [-0.25, -0.2) is 4.98 Å². The number of aryl methyl sites for hydroxylation is 1. The average Bonchev–Trinajstić information content (AvgIpc) is 3.63. The van der Waals surface area contributed by atoms with Crippen molar-refractivity contribution in [2.24, 2.45) is 13.0 Å². The van der Waals surface area contributed by atoms with Crippen molar-refractivity contribution in [3.05, 3.63) is 64.2 Å². The van der Waals surface area contributed by atoms with Gasteiger partial charge in [0.25, 0.3) is 5.56 Å². The van der Waals surface area contributed by atoms with Gasteiger partial charge in [0.05, 0.1) is 17.6 Å². The van der Waals surface area contributed by atoms with E-state index in [0.29, 0.717) is 28.2 Å². The number of aliphatic hydroxyl groups is 1. The topological polar surface area (TPSA) is 113 Å². The Hall–Kier alpha value is -3.78. The molecule has 1 aromatic carbocycles. The number of carbonyl (C=O) groups is 1. The molecular formula is C27H29N5O3. The number of fused-ring (bicyclic) bond motifs is 1. The lowest BCUT2D eigenvalue weighted by atomic mass is 9.87. The molecule has 1 fully saturated rings. The van der Waals surface area contributed by atoms with Crippen LogP contribution in [0.3, 0.4) is 0 Å². The van der Waals surface area contributed by atoms with Crippen LogP contribution in [-0.4, -0.2) is 30.5 Å². The van der Waals surface area contributed by atoms with Crippen molar-refractivity contribution in [2.75, 3.05) is 5.32 Å². The molecule has 1 aliphatic carbocycles. The molecule has 0 saturated heterocycles. The van der Waals surface area contributed by atoms with E-state index in [0.717, 1.165) is 23.9 Å². The first-order chi connectivity index (χ1) is 16.7. The number of rotatable bonds is 5. The van der Waals surface area contributed by atoms with Gasteiger partial charge < -0.3 is 20.0 Å². The summed E-state index contributed by atoms with van der Waals surface area (Å²) >= 11 is 0. The molecule has 8 nitrogen and oxygen atoms in total. The number of amides is 1. The minimum atomic E-state index is -0.368. The molecular weight excluding hydrogens is 442 g/mol. The third-order valence-electron chi connectivity index (χ3n) is 6.59. The quantitative estimate of drug-likeness (QED) is 0.405. The van der Waals surface area contributed by atoms with E-state index in [-0.39, 0.29) is 35.1 Å². The van der Waals surface area contributed by atoms with Crippen LogP contribution in [0.25, 0.3) is 33.7 Å². The van der Waals surface area contributed by atoms with Crippen LogP contribution in [0.5, 0.6) is 0 Å². The van der Waals surface area contributed by atoms with E-state index >= 15 is 0 Å². The lowest BCUT2D eigenvalue weighted by Gasteiger charge is -2.19. The van der Waals surface area contributed by atoms with Crippen LogP contribution < -0.4 is 10.9 Å². The third-order valence-corrected chi connectivity index (χ3v) is 6.59. The van der Waals surface area contributed by atoms with Crippen LogP contribution in [0.1, 0.15) is 44.7 Å². The van der Waals surface area contributed by atoms with E-state index < -0.39 is 0 Å². The number of hydrogen-bond acceptors (Lipinski definition) is 5. The summed E-state index contributed by atoms with van der Waals surface area (Å²) in [5.74, 6) is 0.485. The Bertz CT molecular complexity index is 1510. The first-order valence-corrected chi connectivity index (χ1v) is 11.8. The second-order valence-electron chi connectivity index (χ2n) is 10.2. The van der Waals surface area contributed by atoms with E-state index in [1.165, 1.54) is 5.56 Å². The minimum Gasteiger partial charge on any atom is -0.392 e. The van der Waals surface area contributed by atoms with Gasteiger partial charge in [-0.15, -0.1) is 0 Å². The van der Waals surface area contributed by atoms with Crippen LogP contribution in [0.4, 0.5) is 5.69 Å². The molecule has 3 aromatic heterocycles. The number of nitrogens with one attached hydrogen (secondary N) is 2. The molecule has 0 radical (unpaired) electrons. The predicted molar refractivity (Wildman–Crippen MR) is 136 cm³/mol. The molecule has 5 rings (SSSR count). The second-order valence-corrected chi connectivity index (χ2v) is 10.2. The molecule has 0 aliphatic heterocycles. The maximum Gasteiger partial charge on any atom is 0.271 e. The zero-order chi connectivity index (χ0) is 24.9. The number of aromatic nitrogens is 4. The lowest BCUT2D eigenvalue weighted by Crippen LogP contribution is -2.20. The first kappa shape index (κ1) is 23.0. The second kappa shape index (κ2) is 8.46. The molecule has 3 heterocycles. The highest BCUT2D eigenvalue weighted by molar-refractivity contribution is 5.94. The Morgan fingerprint density at radius 3 is 2.69 bits per heavy atom. The highest BCUT2D eigenvalue weighted by Gasteiger charge is 2.30. The Labute approximate surface area is 203 Å². The summed E-state index contributed by atoms with van der Waals surface area (Å²) < 4.78 is 1.99. The molecule has 180 valence electrons. The molecule has 0 spiro atoms. The fourth-order valence-corrected chi connectivity index (χ4v) is 4.30. The van der Waals surface area contributed by atoms with Crippen molar-refractivity contribution < 1.29 is 9.90 Å². The standard InChI is InChI=1S/C27H29N5O3/c1-27(2,3)17-7-8-20-22(12-17)32(4)24(30-20)23-19(14-33)18(9-10-28-23)16-11-21(26(35)29-13-16)31-25(34)15-5-6-15/h7-13,15,33H,5-6,14H2,1-4H3,(H,29,35)(H,31,34). The Morgan fingerprint density at radius 2 is 2.00 bits per heavy atom. The minimum absolute atomic E-state index is 0.00388. The SMILES string of the molecule is Cn1c(-c2nccc(-c3c[nH]c(=O)c(NC(=O)C4CC4)c3)c2CO)nc2ccc(C(C)(C)C)cc21. The van der Waals surface area contributed by atoms with Gasteiger partial charge in [-0.05, 0) is 53.6 Å². The van der Waals surface area contributed by atoms with Gasteiger partial charge in [-0.3, -0.25) is 14.6 Å². The van der Waals surface area contributed by atoms with Gasteiger partial charge in [0.1, 0.15) is 11.4 Å². The summed E-state index contributed by atoms with van der Waals surface area (Å²) in [4.78, 5) is 36.6. The predicted octanol–water partition coefficient (Wildman–Crippen LogP) is 4.13. The van der Waals surface area contributed by atoms with Gasteiger partial charge in [-0.2, -0.15) is 0 Å². The molecule has 1 saturated carbocycles. The Morgan fingerprint density at radius 1 is 1.23 bits per heavy atom. The maximum absolute atomic E-state index is 12.3. The number of carbonyl (C=O) groups excluding carboxylic acids is 1. The van der Waals surface area contributed by atoms with Crippen molar-refractivity contribution in [3.8, 4) is 22.6 Å².